The highest BCUT2D eigenvalue weighted by Crippen LogP contribution is 2.25. The molecule has 0 heterocycles. The van der Waals surface area contributed by atoms with Crippen LogP contribution in [0, 0.1) is 0 Å². The first-order chi connectivity index (χ1) is 7.90. The Balaban J connectivity index is 2.79. The number of ether oxygens (including phenoxy) is 1. The van der Waals surface area contributed by atoms with Crippen LogP contribution in [0.15, 0.2) is 18.2 Å². The largest absolute Gasteiger partial charge is 0.414 e. The highest BCUT2D eigenvalue weighted by molar-refractivity contribution is 6.32. The Hall–Kier alpha value is -1.26. The molecule has 5 heteroatoms. The quantitative estimate of drug-likeness (QED) is 0.878. The predicted molar refractivity (Wildman–Crippen MR) is 67.7 cm³/mol. The van der Waals surface area contributed by atoms with E-state index in [1.807, 2.05) is 12.1 Å². The van der Waals surface area contributed by atoms with Gasteiger partial charge in [0.15, 0.2) is 5.75 Å². The number of nitrogens with one attached hydrogen (secondary N) is 1. The summed E-state index contributed by atoms with van der Waals surface area (Å²) in [6.45, 7) is 0.877. The maximum Gasteiger partial charge on any atom is 0.414 e. The zero-order valence-corrected chi connectivity index (χ0v) is 11.3. The summed E-state index contributed by atoms with van der Waals surface area (Å²) in [7, 11) is 7.38. The Kier molecular flexibility index (Phi) is 4.78. The first-order valence-corrected chi connectivity index (χ1v) is 5.74. The number of nitrogens with zero attached hydrogens (tertiary/aromatic N) is 1. The van der Waals surface area contributed by atoms with Crippen molar-refractivity contribution in [2.24, 2.45) is 0 Å². The van der Waals surface area contributed by atoms with Gasteiger partial charge in [-0.1, -0.05) is 11.6 Å². The maximum atomic E-state index is 11.4. The number of hydrogen-bond acceptors (Lipinski definition) is 2. The van der Waals surface area contributed by atoms with Gasteiger partial charge in [0.25, 0.3) is 0 Å². The third-order valence-corrected chi connectivity index (χ3v) is 2.41. The van der Waals surface area contributed by atoms with E-state index in [-0.39, 0.29) is 0 Å². The summed E-state index contributed by atoms with van der Waals surface area (Å²) >= 11 is 6.06. The fraction of sp³-hybridized carbons (Fsp3) is 0.417. The molecule has 0 aliphatic rings. The molecule has 0 saturated carbocycles. The van der Waals surface area contributed by atoms with Crippen LogP contribution >= 0.6 is 11.6 Å². The normalized spacial score (nSPS) is 10.5. The Labute approximate surface area is 107 Å². The second-order valence-electron chi connectivity index (χ2n) is 4.41. The highest BCUT2D eigenvalue weighted by Gasteiger charge is 2.11. The van der Waals surface area contributed by atoms with Crippen molar-refractivity contribution in [1.82, 2.24) is 4.90 Å². The Morgan fingerprint density at radius 3 is 2.53 bits per heavy atom. The Morgan fingerprint density at radius 2 is 2.06 bits per heavy atom. The molecule has 94 valence electrons. The molecule has 1 rings (SSSR count). The molecule has 0 aromatic heterocycles. The van der Waals surface area contributed by atoms with Gasteiger partial charge in [0.2, 0.25) is 0 Å². The van der Waals surface area contributed by atoms with Crippen LogP contribution in [0.4, 0.5) is 4.79 Å². The lowest BCUT2D eigenvalue weighted by atomic mass is 10.2. The van der Waals surface area contributed by atoms with E-state index in [0.717, 1.165) is 12.1 Å². The third kappa shape index (κ3) is 4.24. The van der Waals surface area contributed by atoms with Crippen LogP contribution in [0.2, 0.25) is 5.02 Å². The summed E-state index contributed by atoms with van der Waals surface area (Å²) in [5, 5.41) is 0.457. The minimum absolute atomic E-state index is 0.392. The number of benzene rings is 1. The van der Waals surface area contributed by atoms with Crippen molar-refractivity contribution < 1.29 is 14.4 Å². The first-order valence-electron chi connectivity index (χ1n) is 5.36. The molecule has 0 aliphatic carbocycles. The lowest BCUT2D eigenvalue weighted by molar-refractivity contribution is -0.872. The molecule has 1 aromatic rings. The van der Waals surface area contributed by atoms with Crippen LogP contribution in [-0.2, 0) is 6.54 Å². The third-order valence-electron chi connectivity index (χ3n) is 2.12. The SMILES string of the molecule is CN(C)C(=O)Oc1ccc(C[NH+](C)C)cc1Cl. The number of carbonyl (C=O) groups is 1. The van der Waals surface area contributed by atoms with E-state index < -0.39 is 6.09 Å². The van der Waals surface area contributed by atoms with Crippen LogP contribution < -0.4 is 9.64 Å². The molecule has 0 aliphatic heterocycles. The summed E-state index contributed by atoms with van der Waals surface area (Å²) in [5.41, 5.74) is 1.11. The number of hydrogen-bond donors (Lipinski definition) is 1. The van der Waals surface area contributed by atoms with Gasteiger partial charge < -0.3 is 14.5 Å². The van der Waals surface area contributed by atoms with Gasteiger partial charge in [0.05, 0.1) is 19.1 Å². The predicted octanol–water partition coefficient (Wildman–Crippen LogP) is 1.04. The molecule has 4 nitrogen and oxygen atoms in total. The van der Waals surface area contributed by atoms with Crippen LogP contribution in [0.3, 0.4) is 0 Å². The van der Waals surface area contributed by atoms with Gasteiger partial charge >= 0.3 is 6.09 Å². The standard InChI is InChI=1S/C12H17ClN2O2/c1-14(2)8-9-5-6-11(10(13)7-9)17-12(16)15(3)4/h5-7H,8H2,1-4H3/p+1. The number of amides is 1. The molecular formula is C12H18ClN2O2+. The van der Waals surface area contributed by atoms with E-state index in [1.54, 1.807) is 20.2 Å². The van der Waals surface area contributed by atoms with Crippen LogP contribution in [-0.4, -0.2) is 39.2 Å². The summed E-state index contributed by atoms with van der Waals surface area (Å²) in [6, 6.07) is 5.46. The fourth-order valence-electron chi connectivity index (χ4n) is 1.33. The molecule has 0 saturated heterocycles. The molecule has 17 heavy (non-hydrogen) atoms. The van der Waals surface area contributed by atoms with Crippen molar-refractivity contribution in [3.63, 3.8) is 0 Å². The second kappa shape index (κ2) is 5.89. The molecule has 1 aromatic carbocycles. The average molecular weight is 258 g/mol. The highest BCUT2D eigenvalue weighted by atomic mass is 35.5. The van der Waals surface area contributed by atoms with Crippen molar-refractivity contribution >= 4 is 17.7 Å². The van der Waals surface area contributed by atoms with E-state index in [1.165, 1.54) is 9.80 Å². The van der Waals surface area contributed by atoms with Crippen molar-refractivity contribution in [3.05, 3.63) is 28.8 Å². The zero-order chi connectivity index (χ0) is 13.0. The molecule has 0 fully saturated rings. The monoisotopic (exact) mass is 257 g/mol. The minimum atomic E-state index is -0.433. The average Bonchev–Trinajstić information content (AvgIpc) is 2.20. The van der Waals surface area contributed by atoms with E-state index in [4.69, 9.17) is 16.3 Å². The molecule has 0 spiro atoms. The molecule has 0 bridgehead atoms. The van der Waals surface area contributed by atoms with E-state index in [9.17, 15) is 4.79 Å². The van der Waals surface area contributed by atoms with Crippen LogP contribution in [0.1, 0.15) is 5.56 Å². The van der Waals surface area contributed by atoms with Crippen molar-refractivity contribution in [2.45, 2.75) is 6.54 Å². The van der Waals surface area contributed by atoms with E-state index >= 15 is 0 Å². The smallest absolute Gasteiger partial charge is 0.409 e. The van der Waals surface area contributed by atoms with Gasteiger partial charge in [0.1, 0.15) is 6.54 Å². The summed E-state index contributed by atoms with van der Waals surface area (Å²) in [5.74, 6) is 0.392. The van der Waals surface area contributed by atoms with Gasteiger partial charge in [-0.15, -0.1) is 0 Å². The van der Waals surface area contributed by atoms with Crippen LogP contribution in [0.25, 0.3) is 0 Å². The first kappa shape index (κ1) is 13.8. The number of halogens is 1. The van der Waals surface area contributed by atoms with Crippen molar-refractivity contribution in [1.29, 1.82) is 0 Å². The lowest BCUT2D eigenvalue weighted by Gasteiger charge is -2.13. The maximum absolute atomic E-state index is 11.4. The Morgan fingerprint density at radius 1 is 1.41 bits per heavy atom. The van der Waals surface area contributed by atoms with Crippen molar-refractivity contribution in [2.75, 3.05) is 28.2 Å². The number of quaternary nitrogens is 1. The molecule has 1 N–H and O–H groups in total. The van der Waals surface area contributed by atoms with Crippen LogP contribution in [0.5, 0.6) is 5.75 Å². The number of rotatable bonds is 3. The van der Waals surface area contributed by atoms with Gasteiger partial charge in [0, 0.05) is 19.7 Å². The van der Waals surface area contributed by atoms with Gasteiger partial charge in [-0.2, -0.15) is 0 Å². The minimum Gasteiger partial charge on any atom is -0.409 e. The van der Waals surface area contributed by atoms with E-state index in [2.05, 4.69) is 14.1 Å². The van der Waals surface area contributed by atoms with Gasteiger partial charge in [-0.3, -0.25) is 0 Å². The molecule has 1 amide bonds. The molecular weight excluding hydrogens is 240 g/mol. The van der Waals surface area contributed by atoms with E-state index in [0.29, 0.717) is 10.8 Å². The fourth-order valence-corrected chi connectivity index (χ4v) is 1.57. The topological polar surface area (TPSA) is 34.0 Å². The molecule has 0 radical (unpaired) electrons. The summed E-state index contributed by atoms with van der Waals surface area (Å²) in [4.78, 5) is 14.0. The second-order valence-corrected chi connectivity index (χ2v) is 4.82. The summed E-state index contributed by atoms with van der Waals surface area (Å²) < 4.78 is 5.11. The lowest BCUT2D eigenvalue weighted by Crippen LogP contribution is -3.04. The van der Waals surface area contributed by atoms with Gasteiger partial charge in [-0.05, 0) is 18.2 Å². The number of carbonyl (C=O) groups excluding carboxylic acids is 1. The van der Waals surface area contributed by atoms with Gasteiger partial charge in [-0.25, -0.2) is 4.79 Å². The molecule has 0 unspecified atom stereocenters. The molecule has 0 atom stereocenters. The van der Waals surface area contributed by atoms with Crippen molar-refractivity contribution in [3.8, 4) is 5.75 Å². The summed E-state index contributed by atoms with van der Waals surface area (Å²) in [6.07, 6.45) is -0.433. The zero-order valence-electron chi connectivity index (χ0n) is 10.6. The Bertz CT molecular complexity index is 405.